The third-order valence-corrected chi connectivity index (χ3v) is 2.48. The molecule has 0 aliphatic heterocycles. The molecule has 1 saturated carbocycles. The van der Waals surface area contributed by atoms with E-state index in [9.17, 15) is 14.4 Å². The SMILES string of the molecule is CCOC(=O)/C=C/C[C@H](NC(=O)C1CC1)C(=O)O. The molecule has 0 bridgehead atoms. The number of aliphatic carboxylic acids is 1. The second-order valence-electron chi connectivity index (χ2n) is 4.06. The Kier molecular flexibility index (Phi) is 5.35. The summed E-state index contributed by atoms with van der Waals surface area (Å²) in [6, 6.07) is -0.997. The molecule has 100 valence electrons. The Labute approximate surface area is 105 Å². The lowest BCUT2D eigenvalue weighted by atomic mass is 10.2. The van der Waals surface area contributed by atoms with E-state index < -0.39 is 18.0 Å². The molecule has 1 atom stereocenters. The van der Waals surface area contributed by atoms with Gasteiger partial charge in [0.1, 0.15) is 6.04 Å². The summed E-state index contributed by atoms with van der Waals surface area (Å²) in [5.41, 5.74) is 0. The van der Waals surface area contributed by atoms with E-state index in [1.54, 1.807) is 6.92 Å². The van der Waals surface area contributed by atoms with Gasteiger partial charge in [0.05, 0.1) is 6.61 Å². The quantitative estimate of drug-likeness (QED) is 0.509. The highest BCUT2D eigenvalue weighted by Crippen LogP contribution is 2.28. The molecule has 0 radical (unpaired) electrons. The fourth-order valence-corrected chi connectivity index (χ4v) is 1.35. The van der Waals surface area contributed by atoms with Crippen molar-refractivity contribution >= 4 is 17.8 Å². The minimum atomic E-state index is -1.11. The van der Waals surface area contributed by atoms with E-state index in [1.165, 1.54) is 12.2 Å². The Balaban J connectivity index is 2.39. The average Bonchev–Trinajstić information content (AvgIpc) is 3.11. The van der Waals surface area contributed by atoms with Crippen LogP contribution in [0.2, 0.25) is 0 Å². The van der Waals surface area contributed by atoms with Crippen LogP contribution < -0.4 is 5.32 Å². The smallest absolute Gasteiger partial charge is 0.330 e. The van der Waals surface area contributed by atoms with Gasteiger partial charge in [0.15, 0.2) is 0 Å². The van der Waals surface area contributed by atoms with Gasteiger partial charge in [0.2, 0.25) is 5.91 Å². The van der Waals surface area contributed by atoms with Crippen LogP contribution in [0.25, 0.3) is 0 Å². The summed E-state index contributed by atoms with van der Waals surface area (Å²) in [6.07, 6.45) is 4.26. The zero-order chi connectivity index (χ0) is 13.5. The first kappa shape index (κ1) is 14.2. The highest BCUT2D eigenvalue weighted by molar-refractivity contribution is 5.86. The Bertz CT molecular complexity index is 359. The van der Waals surface area contributed by atoms with Crippen molar-refractivity contribution < 1.29 is 24.2 Å². The third-order valence-electron chi connectivity index (χ3n) is 2.48. The largest absolute Gasteiger partial charge is 0.480 e. The molecule has 0 heterocycles. The van der Waals surface area contributed by atoms with Crippen molar-refractivity contribution in [1.29, 1.82) is 0 Å². The Hall–Kier alpha value is -1.85. The number of ether oxygens (including phenoxy) is 1. The normalized spacial score (nSPS) is 16.3. The molecule has 0 aromatic heterocycles. The average molecular weight is 255 g/mol. The predicted molar refractivity (Wildman–Crippen MR) is 62.7 cm³/mol. The Morgan fingerprint density at radius 2 is 2.11 bits per heavy atom. The van der Waals surface area contributed by atoms with Crippen molar-refractivity contribution in [2.45, 2.75) is 32.2 Å². The molecule has 0 unspecified atom stereocenters. The maximum Gasteiger partial charge on any atom is 0.330 e. The number of amides is 1. The first-order valence-corrected chi connectivity index (χ1v) is 5.91. The molecule has 1 fully saturated rings. The first-order valence-electron chi connectivity index (χ1n) is 5.91. The van der Waals surface area contributed by atoms with E-state index in [0.29, 0.717) is 0 Å². The molecule has 1 amide bonds. The Morgan fingerprint density at radius 1 is 1.44 bits per heavy atom. The second-order valence-corrected chi connectivity index (χ2v) is 4.06. The van der Waals surface area contributed by atoms with E-state index in [4.69, 9.17) is 5.11 Å². The molecule has 0 saturated heterocycles. The lowest BCUT2D eigenvalue weighted by molar-refractivity contribution is -0.142. The highest BCUT2D eigenvalue weighted by atomic mass is 16.5. The molecule has 18 heavy (non-hydrogen) atoms. The van der Waals surface area contributed by atoms with Crippen LogP contribution >= 0.6 is 0 Å². The monoisotopic (exact) mass is 255 g/mol. The van der Waals surface area contributed by atoms with Gasteiger partial charge in [-0.3, -0.25) is 4.79 Å². The van der Waals surface area contributed by atoms with Gasteiger partial charge in [0, 0.05) is 12.0 Å². The maximum absolute atomic E-state index is 11.4. The van der Waals surface area contributed by atoms with Gasteiger partial charge in [-0.15, -0.1) is 0 Å². The van der Waals surface area contributed by atoms with Crippen LogP contribution in [-0.4, -0.2) is 35.6 Å². The number of carbonyl (C=O) groups is 3. The number of carbonyl (C=O) groups excluding carboxylic acids is 2. The van der Waals surface area contributed by atoms with Gasteiger partial charge < -0.3 is 15.2 Å². The van der Waals surface area contributed by atoms with Gasteiger partial charge in [-0.25, -0.2) is 9.59 Å². The summed E-state index contributed by atoms with van der Waals surface area (Å²) in [6.45, 7) is 1.95. The van der Waals surface area contributed by atoms with Crippen LogP contribution in [0.5, 0.6) is 0 Å². The van der Waals surface area contributed by atoms with E-state index in [2.05, 4.69) is 10.1 Å². The summed E-state index contributed by atoms with van der Waals surface area (Å²) < 4.78 is 4.65. The van der Waals surface area contributed by atoms with Crippen LogP contribution in [0.4, 0.5) is 0 Å². The molecule has 1 aliphatic rings. The Morgan fingerprint density at radius 3 is 2.61 bits per heavy atom. The minimum Gasteiger partial charge on any atom is -0.480 e. The van der Waals surface area contributed by atoms with E-state index in [1.807, 2.05) is 0 Å². The molecule has 0 spiro atoms. The maximum atomic E-state index is 11.4. The standard InChI is InChI=1S/C12H17NO5/c1-2-18-10(14)5-3-4-9(12(16)17)13-11(15)8-6-7-8/h3,5,8-9H,2,4,6-7H2,1H3,(H,13,15)(H,16,17)/b5-3+/t9-/m0/s1. The van der Waals surface area contributed by atoms with E-state index >= 15 is 0 Å². The molecular formula is C12H17NO5. The molecule has 6 nitrogen and oxygen atoms in total. The van der Waals surface area contributed by atoms with Crippen LogP contribution in [-0.2, 0) is 19.1 Å². The number of nitrogens with one attached hydrogen (secondary N) is 1. The highest BCUT2D eigenvalue weighted by Gasteiger charge is 2.32. The number of carboxylic acids is 1. The van der Waals surface area contributed by atoms with Crippen LogP contribution in [0.15, 0.2) is 12.2 Å². The number of rotatable bonds is 7. The van der Waals surface area contributed by atoms with Crippen LogP contribution in [0.3, 0.4) is 0 Å². The number of carboxylic acid groups (broad SMARTS) is 1. The fraction of sp³-hybridized carbons (Fsp3) is 0.583. The van der Waals surface area contributed by atoms with Gasteiger partial charge in [-0.1, -0.05) is 6.08 Å². The zero-order valence-electron chi connectivity index (χ0n) is 10.2. The first-order chi connectivity index (χ1) is 8.54. The predicted octanol–water partition coefficient (Wildman–Crippen LogP) is 0.475. The molecule has 1 aliphatic carbocycles. The van der Waals surface area contributed by atoms with Crippen molar-refractivity contribution in [3.8, 4) is 0 Å². The minimum absolute atomic E-state index is 0.0408. The van der Waals surface area contributed by atoms with Gasteiger partial charge >= 0.3 is 11.9 Å². The third kappa shape index (κ3) is 4.99. The van der Waals surface area contributed by atoms with Crippen LogP contribution in [0.1, 0.15) is 26.2 Å². The summed E-state index contributed by atoms with van der Waals surface area (Å²) in [5.74, 6) is -1.90. The lowest BCUT2D eigenvalue weighted by Gasteiger charge is -2.11. The van der Waals surface area contributed by atoms with Crippen molar-refractivity contribution in [2.24, 2.45) is 5.92 Å². The fourth-order valence-electron chi connectivity index (χ4n) is 1.35. The summed E-state index contributed by atoms with van der Waals surface area (Å²) in [7, 11) is 0. The van der Waals surface area contributed by atoms with Crippen molar-refractivity contribution in [2.75, 3.05) is 6.61 Å². The molecule has 2 N–H and O–H groups in total. The van der Waals surface area contributed by atoms with Crippen molar-refractivity contribution in [1.82, 2.24) is 5.32 Å². The number of hydrogen-bond donors (Lipinski definition) is 2. The van der Waals surface area contributed by atoms with Gasteiger partial charge in [-0.2, -0.15) is 0 Å². The molecule has 0 aromatic carbocycles. The number of hydrogen-bond acceptors (Lipinski definition) is 4. The van der Waals surface area contributed by atoms with Gasteiger partial charge in [0.25, 0.3) is 0 Å². The zero-order valence-corrected chi connectivity index (χ0v) is 10.2. The van der Waals surface area contributed by atoms with Crippen LogP contribution in [0, 0.1) is 5.92 Å². The van der Waals surface area contributed by atoms with E-state index in [-0.39, 0.29) is 24.9 Å². The van der Waals surface area contributed by atoms with E-state index in [0.717, 1.165) is 12.8 Å². The summed E-state index contributed by atoms with van der Waals surface area (Å²) >= 11 is 0. The van der Waals surface area contributed by atoms with Gasteiger partial charge in [-0.05, 0) is 26.2 Å². The summed E-state index contributed by atoms with van der Waals surface area (Å²) in [4.78, 5) is 33.3. The molecule has 0 aromatic rings. The lowest BCUT2D eigenvalue weighted by Crippen LogP contribution is -2.41. The molecule has 1 rings (SSSR count). The topological polar surface area (TPSA) is 92.7 Å². The molecule has 6 heteroatoms. The van der Waals surface area contributed by atoms with Crippen molar-refractivity contribution in [3.05, 3.63) is 12.2 Å². The van der Waals surface area contributed by atoms with Crippen molar-refractivity contribution in [3.63, 3.8) is 0 Å². The number of esters is 1. The second kappa shape index (κ2) is 6.78. The molecular weight excluding hydrogens is 238 g/mol. The summed E-state index contributed by atoms with van der Waals surface area (Å²) in [5, 5.41) is 11.4.